The summed E-state index contributed by atoms with van der Waals surface area (Å²) in [6.07, 6.45) is -4.40. The fraction of sp³-hybridized carbons (Fsp3) is 0.143. The van der Waals surface area contributed by atoms with Gasteiger partial charge in [0, 0.05) is 16.8 Å². The summed E-state index contributed by atoms with van der Waals surface area (Å²) in [6.45, 7) is -0.409. The van der Waals surface area contributed by atoms with Gasteiger partial charge in [-0.05, 0) is 35.4 Å². The lowest BCUT2D eigenvalue weighted by atomic mass is 10.0. The van der Waals surface area contributed by atoms with Crippen molar-refractivity contribution in [2.45, 2.75) is 12.8 Å². The largest absolute Gasteiger partial charge is 0.755 e. The van der Waals surface area contributed by atoms with Crippen LogP contribution in [0.15, 0.2) is 42.5 Å². The highest BCUT2D eigenvalue weighted by molar-refractivity contribution is 7.80. The summed E-state index contributed by atoms with van der Waals surface area (Å²) in [5.41, 5.74) is 0.879. The molecule has 4 nitrogen and oxygen atoms in total. The van der Waals surface area contributed by atoms with Crippen LogP contribution in [-0.2, 0) is 24.0 Å². The van der Waals surface area contributed by atoms with Crippen molar-refractivity contribution in [3.8, 4) is 11.1 Å². The summed E-state index contributed by atoms with van der Waals surface area (Å²) >= 11 is -2.53. The van der Waals surface area contributed by atoms with Crippen molar-refractivity contribution in [2.24, 2.45) is 0 Å². The highest BCUT2D eigenvalue weighted by Crippen LogP contribution is 2.32. The second-order valence-corrected chi connectivity index (χ2v) is 5.12. The van der Waals surface area contributed by atoms with Gasteiger partial charge in [-0.25, -0.2) is 0 Å². The Hall–Kier alpha value is -1.90. The number of benzene rings is 2. The summed E-state index contributed by atoms with van der Waals surface area (Å²) in [4.78, 5) is 0. The minimum atomic E-state index is -4.40. The van der Waals surface area contributed by atoms with Gasteiger partial charge in [-0.2, -0.15) is 13.2 Å². The lowest BCUT2D eigenvalue weighted by molar-refractivity contribution is -0.137. The van der Waals surface area contributed by atoms with E-state index in [1.54, 1.807) is 6.07 Å². The van der Waals surface area contributed by atoms with Gasteiger partial charge < -0.3 is 14.4 Å². The molecule has 22 heavy (non-hydrogen) atoms. The molecular weight excluding hydrogens is 319 g/mol. The van der Waals surface area contributed by atoms with E-state index in [4.69, 9.17) is 0 Å². The first-order chi connectivity index (χ1) is 10.3. The van der Waals surface area contributed by atoms with E-state index in [9.17, 15) is 27.0 Å². The Morgan fingerprint density at radius 1 is 1.09 bits per heavy atom. The van der Waals surface area contributed by atoms with Crippen molar-refractivity contribution in [3.63, 3.8) is 0 Å². The van der Waals surface area contributed by atoms with E-state index in [2.05, 4.69) is 4.72 Å². The molecule has 2 rings (SSSR count). The first-order valence-corrected chi connectivity index (χ1v) is 7.16. The van der Waals surface area contributed by atoms with Crippen molar-refractivity contribution in [3.05, 3.63) is 53.6 Å². The molecule has 8 heteroatoms. The Bertz CT molecular complexity index is 687. The number of aliphatic hydroxyl groups is 1. The molecule has 118 valence electrons. The molecule has 0 aliphatic heterocycles. The number of hydrogen-bond acceptors (Lipinski definition) is 3. The van der Waals surface area contributed by atoms with Crippen LogP contribution < -0.4 is 4.72 Å². The molecule has 2 aromatic rings. The average molecular weight is 330 g/mol. The molecule has 2 N–H and O–H groups in total. The maximum absolute atomic E-state index is 12.5. The molecule has 0 spiro atoms. The van der Waals surface area contributed by atoms with Gasteiger partial charge in [0.05, 0.1) is 17.9 Å². The third kappa shape index (κ3) is 3.85. The highest BCUT2D eigenvalue weighted by atomic mass is 32.2. The Morgan fingerprint density at radius 3 is 2.18 bits per heavy atom. The van der Waals surface area contributed by atoms with Crippen LogP contribution in [0.3, 0.4) is 0 Å². The molecule has 0 fully saturated rings. The number of halogens is 3. The molecule has 1 atom stereocenters. The molecule has 1 unspecified atom stereocenters. The van der Waals surface area contributed by atoms with E-state index in [-0.39, 0.29) is 5.69 Å². The van der Waals surface area contributed by atoms with Gasteiger partial charge in [0.2, 0.25) is 0 Å². The van der Waals surface area contributed by atoms with Crippen LogP contribution in [0, 0.1) is 0 Å². The Morgan fingerprint density at radius 2 is 1.68 bits per heavy atom. The van der Waals surface area contributed by atoms with Gasteiger partial charge >= 0.3 is 6.18 Å². The normalized spacial score (nSPS) is 13.0. The van der Waals surface area contributed by atoms with Crippen LogP contribution in [-0.4, -0.2) is 13.9 Å². The molecular formula is C14H11F3NO3S-. The molecule has 0 amide bonds. The number of aliphatic hydroxyl groups excluding tert-OH is 1. The zero-order valence-corrected chi connectivity index (χ0v) is 11.9. The van der Waals surface area contributed by atoms with E-state index in [0.29, 0.717) is 16.7 Å². The zero-order chi connectivity index (χ0) is 16.3. The Kier molecular flexibility index (Phi) is 4.84. The molecule has 2 aromatic carbocycles. The SMILES string of the molecule is O=S([O-])Nc1ccc(-c2ccc(C(F)(F)F)cc2)cc1CO. The number of rotatable bonds is 4. The molecule has 0 aromatic heterocycles. The second kappa shape index (κ2) is 6.47. The van der Waals surface area contributed by atoms with Gasteiger partial charge in [-0.1, -0.05) is 18.2 Å². The van der Waals surface area contributed by atoms with E-state index >= 15 is 0 Å². The quantitative estimate of drug-likeness (QED) is 0.846. The van der Waals surface area contributed by atoms with Crippen LogP contribution in [0.25, 0.3) is 11.1 Å². The number of alkyl halides is 3. The standard InChI is InChI=1S/C14H12F3NO3S/c15-14(16,17)12-4-1-9(2-5-12)10-3-6-13(18-22(20)21)11(7-10)8-19/h1-7,18-19H,8H2,(H,20,21)/p-1. The molecule has 0 aliphatic rings. The summed E-state index contributed by atoms with van der Waals surface area (Å²) in [5.74, 6) is 0. The third-order valence-corrected chi connectivity index (χ3v) is 3.40. The van der Waals surface area contributed by atoms with Crippen molar-refractivity contribution >= 4 is 17.0 Å². The van der Waals surface area contributed by atoms with E-state index < -0.39 is 29.6 Å². The maximum atomic E-state index is 12.5. The van der Waals surface area contributed by atoms with Crippen LogP contribution in [0.5, 0.6) is 0 Å². The summed E-state index contributed by atoms with van der Waals surface area (Å²) in [6, 6.07) is 9.07. The predicted molar refractivity (Wildman–Crippen MR) is 75.3 cm³/mol. The summed E-state index contributed by atoms with van der Waals surface area (Å²) < 4.78 is 60.9. The molecule has 0 heterocycles. The third-order valence-electron chi connectivity index (χ3n) is 3.01. The van der Waals surface area contributed by atoms with E-state index in [1.807, 2.05) is 0 Å². The molecule has 0 bridgehead atoms. The molecule has 0 radical (unpaired) electrons. The first kappa shape index (κ1) is 16.5. The minimum Gasteiger partial charge on any atom is -0.755 e. The van der Waals surface area contributed by atoms with Gasteiger partial charge in [-0.3, -0.25) is 4.21 Å². The fourth-order valence-electron chi connectivity index (χ4n) is 1.95. The van der Waals surface area contributed by atoms with Gasteiger partial charge in [0.25, 0.3) is 0 Å². The van der Waals surface area contributed by atoms with E-state index in [0.717, 1.165) is 12.1 Å². The zero-order valence-electron chi connectivity index (χ0n) is 11.1. The fourth-order valence-corrected chi connectivity index (χ4v) is 2.32. The molecule has 0 saturated carbocycles. The maximum Gasteiger partial charge on any atom is 0.416 e. The van der Waals surface area contributed by atoms with E-state index in [1.165, 1.54) is 24.3 Å². The highest BCUT2D eigenvalue weighted by Gasteiger charge is 2.29. The van der Waals surface area contributed by atoms with Crippen molar-refractivity contribution < 1.29 is 27.0 Å². The smallest absolute Gasteiger partial charge is 0.416 e. The van der Waals surface area contributed by atoms with Gasteiger partial charge in [-0.15, -0.1) is 0 Å². The second-order valence-electron chi connectivity index (χ2n) is 4.44. The number of anilines is 1. The van der Waals surface area contributed by atoms with Crippen molar-refractivity contribution in [1.82, 2.24) is 0 Å². The number of nitrogens with one attached hydrogen (secondary N) is 1. The molecule has 0 saturated heterocycles. The lowest BCUT2D eigenvalue weighted by Crippen LogP contribution is -2.05. The monoisotopic (exact) mass is 330 g/mol. The van der Waals surface area contributed by atoms with Crippen LogP contribution in [0.4, 0.5) is 18.9 Å². The topological polar surface area (TPSA) is 72.4 Å². The summed E-state index contributed by atoms with van der Waals surface area (Å²) in [7, 11) is 0. The van der Waals surface area contributed by atoms with Crippen LogP contribution in [0.1, 0.15) is 11.1 Å². The first-order valence-electron chi connectivity index (χ1n) is 6.08. The number of hydrogen-bond donors (Lipinski definition) is 2. The van der Waals surface area contributed by atoms with Gasteiger partial charge in [0.15, 0.2) is 0 Å². The Balaban J connectivity index is 2.35. The van der Waals surface area contributed by atoms with Crippen LogP contribution >= 0.6 is 0 Å². The Labute approximate surface area is 127 Å². The van der Waals surface area contributed by atoms with Gasteiger partial charge in [0.1, 0.15) is 0 Å². The lowest BCUT2D eigenvalue weighted by Gasteiger charge is -2.14. The summed E-state index contributed by atoms with van der Waals surface area (Å²) in [5, 5.41) is 9.26. The molecule has 0 aliphatic carbocycles. The van der Waals surface area contributed by atoms with Crippen LogP contribution in [0.2, 0.25) is 0 Å². The minimum absolute atomic E-state index is 0.214. The predicted octanol–water partition coefficient (Wildman–Crippen LogP) is 3.07. The average Bonchev–Trinajstić information content (AvgIpc) is 2.46. The van der Waals surface area contributed by atoms with Crippen molar-refractivity contribution in [1.29, 1.82) is 0 Å². The van der Waals surface area contributed by atoms with Crippen molar-refractivity contribution in [2.75, 3.05) is 4.72 Å².